The van der Waals surface area contributed by atoms with E-state index >= 15 is 0 Å². The Labute approximate surface area is 156 Å². The summed E-state index contributed by atoms with van der Waals surface area (Å²) in [6.07, 6.45) is -1.38. The Morgan fingerprint density at radius 3 is 2.44 bits per heavy atom. The summed E-state index contributed by atoms with van der Waals surface area (Å²) in [5.41, 5.74) is 2.05. The first kappa shape index (κ1) is 18.7. The molecule has 140 valence electrons. The quantitative estimate of drug-likeness (QED) is 0.625. The number of halogens is 3. The van der Waals surface area contributed by atoms with Crippen LogP contribution in [0.25, 0.3) is 0 Å². The average Bonchev–Trinajstić information content (AvgIpc) is 3.10. The minimum absolute atomic E-state index is 0.351. The summed E-state index contributed by atoms with van der Waals surface area (Å²) in [5, 5.41) is 7.63. The van der Waals surface area contributed by atoms with Gasteiger partial charge in [-0.3, -0.25) is 9.78 Å². The van der Waals surface area contributed by atoms with Crippen molar-refractivity contribution in [1.82, 2.24) is 4.98 Å². The lowest BCUT2D eigenvalue weighted by molar-refractivity contribution is -0.274. The van der Waals surface area contributed by atoms with Gasteiger partial charge in [-0.2, -0.15) is 0 Å². The molecule has 0 unspecified atom stereocenters. The van der Waals surface area contributed by atoms with Crippen molar-refractivity contribution in [2.75, 3.05) is 10.6 Å². The lowest BCUT2D eigenvalue weighted by Gasteiger charge is -2.10. The highest BCUT2D eigenvalue weighted by molar-refractivity contribution is 7.12. The third-order valence-corrected chi connectivity index (χ3v) is 4.36. The van der Waals surface area contributed by atoms with Crippen LogP contribution < -0.4 is 15.4 Å². The molecule has 0 saturated carbocycles. The minimum Gasteiger partial charge on any atom is -0.406 e. The number of alkyl halides is 3. The fraction of sp³-hybridized carbons (Fsp3) is 0.111. The molecule has 9 heteroatoms. The number of aromatic nitrogens is 1. The van der Waals surface area contributed by atoms with Gasteiger partial charge in [0.05, 0.1) is 5.69 Å². The van der Waals surface area contributed by atoms with Gasteiger partial charge in [0, 0.05) is 24.6 Å². The molecule has 0 saturated heterocycles. The van der Waals surface area contributed by atoms with E-state index in [0.717, 1.165) is 17.7 Å². The summed E-state index contributed by atoms with van der Waals surface area (Å²) >= 11 is 1.26. The fourth-order valence-electron chi connectivity index (χ4n) is 2.25. The molecule has 2 heterocycles. The lowest BCUT2D eigenvalue weighted by Crippen LogP contribution is -2.17. The van der Waals surface area contributed by atoms with E-state index < -0.39 is 6.36 Å². The zero-order chi connectivity index (χ0) is 19.3. The fourth-order valence-corrected chi connectivity index (χ4v) is 3.02. The molecular formula is C18H14F3N3O2S. The number of carbonyl (C=O) groups excluding carboxylic acids is 1. The highest BCUT2D eigenvalue weighted by Crippen LogP contribution is 2.26. The van der Waals surface area contributed by atoms with Crippen LogP contribution in [0.3, 0.4) is 0 Å². The normalized spacial score (nSPS) is 11.1. The van der Waals surface area contributed by atoms with Crippen molar-refractivity contribution in [1.29, 1.82) is 0 Å². The van der Waals surface area contributed by atoms with Crippen molar-refractivity contribution in [3.8, 4) is 5.75 Å². The molecule has 3 rings (SSSR count). The van der Waals surface area contributed by atoms with Crippen molar-refractivity contribution in [2.24, 2.45) is 0 Å². The number of hydrogen-bond acceptors (Lipinski definition) is 5. The third kappa shape index (κ3) is 5.45. The maximum Gasteiger partial charge on any atom is 0.573 e. The first-order chi connectivity index (χ1) is 12.9. The number of anilines is 2. The number of pyridine rings is 1. The molecule has 2 N–H and O–H groups in total. The largest absolute Gasteiger partial charge is 0.573 e. The Morgan fingerprint density at radius 1 is 1.07 bits per heavy atom. The Balaban J connectivity index is 1.62. The van der Waals surface area contributed by atoms with Crippen LogP contribution in [0.2, 0.25) is 0 Å². The van der Waals surface area contributed by atoms with Crippen LogP contribution in [0.15, 0.2) is 60.2 Å². The molecule has 5 nitrogen and oxygen atoms in total. The van der Waals surface area contributed by atoms with E-state index in [1.54, 1.807) is 23.8 Å². The molecule has 3 aromatic rings. The van der Waals surface area contributed by atoms with Gasteiger partial charge in [-0.15, -0.1) is 24.5 Å². The summed E-state index contributed by atoms with van der Waals surface area (Å²) < 4.78 is 40.3. The number of hydrogen-bond donors (Lipinski definition) is 2. The second kappa shape index (κ2) is 8.09. The second-order valence-electron chi connectivity index (χ2n) is 5.40. The number of nitrogens with zero attached hydrogens (tertiary/aromatic N) is 1. The molecule has 0 aliphatic heterocycles. The van der Waals surface area contributed by atoms with Crippen molar-refractivity contribution in [2.45, 2.75) is 12.9 Å². The molecule has 0 atom stereocenters. The molecule has 0 fully saturated rings. The van der Waals surface area contributed by atoms with Gasteiger partial charge in [-0.1, -0.05) is 0 Å². The smallest absolute Gasteiger partial charge is 0.406 e. The van der Waals surface area contributed by atoms with Crippen LogP contribution in [0.4, 0.5) is 24.5 Å². The predicted octanol–water partition coefficient (Wildman–Crippen LogP) is 4.91. The van der Waals surface area contributed by atoms with E-state index in [1.807, 2.05) is 12.1 Å². The average molecular weight is 393 g/mol. The molecule has 27 heavy (non-hydrogen) atoms. The molecule has 1 amide bonds. The van der Waals surface area contributed by atoms with Crippen LogP contribution in [0.1, 0.15) is 15.2 Å². The predicted molar refractivity (Wildman–Crippen MR) is 97.0 cm³/mol. The van der Waals surface area contributed by atoms with Crippen LogP contribution in [-0.4, -0.2) is 17.3 Å². The maximum atomic E-state index is 12.5. The number of nitrogens with one attached hydrogen (secondary N) is 2. The van der Waals surface area contributed by atoms with Crippen LogP contribution >= 0.6 is 11.3 Å². The SMILES string of the molecule is O=C(Nc1ccc(OC(F)(F)F)cc1)c1sccc1NCc1ccncc1. The number of carbonyl (C=O) groups is 1. The number of ether oxygens (including phenoxy) is 1. The standard InChI is InChI=1S/C18H14F3N3O2S/c19-18(20,21)26-14-3-1-13(2-4-14)24-17(25)16-15(7-10-27-16)23-11-12-5-8-22-9-6-12/h1-10,23H,11H2,(H,24,25). The summed E-state index contributed by atoms with van der Waals surface area (Å²) in [7, 11) is 0. The minimum atomic E-state index is -4.75. The maximum absolute atomic E-state index is 12.5. The highest BCUT2D eigenvalue weighted by atomic mass is 32.1. The highest BCUT2D eigenvalue weighted by Gasteiger charge is 2.31. The molecule has 0 radical (unpaired) electrons. The number of amides is 1. The Morgan fingerprint density at radius 2 is 1.78 bits per heavy atom. The van der Waals surface area contributed by atoms with E-state index in [1.165, 1.54) is 23.5 Å². The van der Waals surface area contributed by atoms with E-state index in [4.69, 9.17) is 0 Å². The number of benzene rings is 1. The summed E-state index contributed by atoms with van der Waals surface area (Å²) in [4.78, 5) is 16.9. The first-order valence-electron chi connectivity index (χ1n) is 7.78. The number of rotatable bonds is 6. The second-order valence-corrected chi connectivity index (χ2v) is 6.31. The van der Waals surface area contributed by atoms with Crippen LogP contribution in [0.5, 0.6) is 5.75 Å². The first-order valence-corrected chi connectivity index (χ1v) is 8.66. The Bertz CT molecular complexity index is 896. The van der Waals surface area contributed by atoms with E-state index in [2.05, 4.69) is 20.4 Å². The van der Waals surface area contributed by atoms with Gasteiger partial charge in [-0.05, 0) is 53.4 Å². The molecule has 0 bridgehead atoms. The van der Waals surface area contributed by atoms with Crippen molar-refractivity contribution < 1.29 is 22.7 Å². The monoisotopic (exact) mass is 393 g/mol. The molecular weight excluding hydrogens is 379 g/mol. The molecule has 0 aliphatic carbocycles. The van der Waals surface area contributed by atoms with Gasteiger partial charge in [0.15, 0.2) is 0 Å². The van der Waals surface area contributed by atoms with Gasteiger partial charge in [0.25, 0.3) is 5.91 Å². The van der Waals surface area contributed by atoms with Gasteiger partial charge < -0.3 is 15.4 Å². The van der Waals surface area contributed by atoms with E-state index in [-0.39, 0.29) is 11.7 Å². The Hall–Kier alpha value is -3.07. The topological polar surface area (TPSA) is 63.2 Å². The van der Waals surface area contributed by atoms with Crippen molar-refractivity contribution in [3.63, 3.8) is 0 Å². The molecule has 0 spiro atoms. The third-order valence-electron chi connectivity index (χ3n) is 3.45. The molecule has 2 aromatic heterocycles. The van der Waals surface area contributed by atoms with E-state index in [9.17, 15) is 18.0 Å². The summed E-state index contributed by atoms with van der Waals surface area (Å²) in [6.45, 7) is 0.531. The summed E-state index contributed by atoms with van der Waals surface area (Å²) in [6, 6.07) is 10.5. The van der Waals surface area contributed by atoms with Gasteiger partial charge in [-0.25, -0.2) is 0 Å². The zero-order valence-corrected chi connectivity index (χ0v) is 14.6. The zero-order valence-electron chi connectivity index (χ0n) is 13.8. The Kier molecular flexibility index (Phi) is 5.60. The van der Waals surface area contributed by atoms with Crippen LogP contribution in [0, 0.1) is 0 Å². The van der Waals surface area contributed by atoms with Crippen LogP contribution in [-0.2, 0) is 6.54 Å². The van der Waals surface area contributed by atoms with Crippen molar-refractivity contribution in [3.05, 3.63) is 70.7 Å². The lowest BCUT2D eigenvalue weighted by atomic mass is 10.2. The number of thiophene rings is 1. The van der Waals surface area contributed by atoms with Gasteiger partial charge in [0.1, 0.15) is 10.6 Å². The summed E-state index contributed by atoms with van der Waals surface area (Å²) in [5.74, 6) is -0.706. The molecule has 0 aliphatic rings. The van der Waals surface area contributed by atoms with E-state index in [0.29, 0.717) is 22.8 Å². The van der Waals surface area contributed by atoms with Gasteiger partial charge in [0.2, 0.25) is 0 Å². The molecule has 1 aromatic carbocycles. The van der Waals surface area contributed by atoms with Crippen molar-refractivity contribution >= 4 is 28.6 Å². The van der Waals surface area contributed by atoms with Gasteiger partial charge >= 0.3 is 6.36 Å².